The second-order valence-electron chi connectivity index (χ2n) is 5.67. The number of benzene rings is 1. The van der Waals surface area contributed by atoms with Crippen LogP contribution in [0.15, 0.2) is 24.3 Å². The smallest absolute Gasteiger partial charge is 0.243 e. The first-order chi connectivity index (χ1) is 9.12. The lowest BCUT2D eigenvalue weighted by Crippen LogP contribution is -2.46. The van der Waals surface area contributed by atoms with Crippen LogP contribution in [0.3, 0.4) is 0 Å². The minimum atomic E-state index is -0.560. The molecule has 0 bridgehead atoms. The molecule has 19 heavy (non-hydrogen) atoms. The van der Waals surface area contributed by atoms with E-state index in [0.717, 1.165) is 37.0 Å². The van der Waals surface area contributed by atoms with Crippen LogP contribution in [0.4, 0.5) is 0 Å². The molecule has 1 amide bonds. The van der Waals surface area contributed by atoms with Gasteiger partial charge in [0, 0.05) is 12.6 Å². The Bertz CT molecular complexity index is 475. The summed E-state index contributed by atoms with van der Waals surface area (Å²) in [6, 6.07) is 8.28. The third-order valence-electron chi connectivity index (χ3n) is 3.98. The van der Waals surface area contributed by atoms with E-state index < -0.39 is 5.54 Å². The second-order valence-corrected chi connectivity index (χ2v) is 5.67. The van der Waals surface area contributed by atoms with Crippen molar-refractivity contribution in [2.45, 2.75) is 43.8 Å². The van der Waals surface area contributed by atoms with Crippen LogP contribution in [0.5, 0.6) is 5.75 Å². The predicted octanol–water partition coefficient (Wildman–Crippen LogP) is 1.68. The van der Waals surface area contributed by atoms with Gasteiger partial charge in [0.2, 0.25) is 5.91 Å². The van der Waals surface area contributed by atoms with Crippen molar-refractivity contribution < 1.29 is 9.53 Å². The maximum absolute atomic E-state index is 12.4. The Kier molecular flexibility index (Phi) is 2.97. The first-order valence-electron chi connectivity index (χ1n) is 6.85. The molecular formula is C15H20N2O2. The zero-order valence-electron chi connectivity index (χ0n) is 11.3. The molecule has 0 aliphatic heterocycles. The van der Waals surface area contributed by atoms with Crippen molar-refractivity contribution in [1.29, 1.82) is 0 Å². The molecule has 0 heterocycles. The van der Waals surface area contributed by atoms with E-state index in [0.29, 0.717) is 12.6 Å². The lowest BCUT2D eigenvalue weighted by atomic mass is 10.1. The Balaban J connectivity index is 1.72. The summed E-state index contributed by atoms with van der Waals surface area (Å²) >= 11 is 0. The molecule has 3 rings (SSSR count). The Morgan fingerprint density at radius 2 is 2.00 bits per heavy atom. The molecule has 1 aromatic carbocycles. The van der Waals surface area contributed by atoms with Gasteiger partial charge in [-0.1, -0.05) is 12.1 Å². The standard InChI is InChI=1S/C15H20N2O2/c1-19-13-6-2-11(3-7-13)10-17(12-4-5-12)14(18)15(16)8-9-15/h2-3,6-7,12H,4-5,8-10,16H2,1H3. The summed E-state index contributed by atoms with van der Waals surface area (Å²) in [4.78, 5) is 14.4. The van der Waals surface area contributed by atoms with Gasteiger partial charge in [0.25, 0.3) is 0 Å². The van der Waals surface area contributed by atoms with Crippen LogP contribution in [-0.4, -0.2) is 29.5 Å². The largest absolute Gasteiger partial charge is 0.497 e. The maximum atomic E-state index is 12.4. The van der Waals surface area contributed by atoms with Gasteiger partial charge in [0.05, 0.1) is 12.6 Å². The van der Waals surface area contributed by atoms with Gasteiger partial charge in [-0.15, -0.1) is 0 Å². The molecule has 2 fully saturated rings. The zero-order chi connectivity index (χ0) is 13.5. The monoisotopic (exact) mass is 260 g/mol. The Labute approximate surface area is 113 Å². The fourth-order valence-corrected chi connectivity index (χ4v) is 2.32. The molecule has 2 aliphatic rings. The molecule has 0 atom stereocenters. The molecule has 102 valence electrons. The number of rotatable bonds is 5. The second kappa shape index (κ2) is 4.53. The first kappa shape index (κ1) is 12.5. The number of hydrogen-bond donors (Lipinski definition) is 1. The predicted molar refractivity (Wildman–Crippen MR) is 72.7 cm³/mol. The number of carbonyl (C=O) groups is 1. The van der Waals surface area contributed by atoms with Crippen LogP contribution < -0.4 is 10.5 Å². The number of carbonyl (C=O) groups excluding carboxylic acids is 1. The van der Waals surface area contributed by atoms with Crippen molar-refractivity contribution >= 4 is 5.91 Å². The summed E-state index contributed by atoms with van der Waals surface area (Å²) in [5, 5.41) is 0. The summed E-state index contributed by atoms with van der Waals surface area (Å²) < 4.78 is 5.15. The zero-order valence-corrected chi connectivity index (χ0v) is 11.3. The number of methoxy groups -OCH3 is 1. The minimum absolute atomic E-state index is 0.130. The Morgan fingerprint density at radius 3 is 2.47 bits per heavy atom. The molecule has 4 heteroatoms. The third kappa shape index (κ3) is 2.59. The molecule has 1 aromatic rings. The Hall–Kier alpha value is -1.55. The fraction of sp³-hybridized carbons (Fsp3) is 0.533. The van der Waals surface area contributed by atoms with Crippen LogP contribution >= 0.6 is 0 Å². The van der Waals surface area contributed by atoms with Crippen molar-refractivity contribution in [3.05, 3.63) is 29.8 Å². The molecule has 2 N–H and O–H groups in total. The molecule has 0 unspecified atom stereocenters. The van der Waals surface area contributed by atoms with Crippen LogP contribution in [0, 0.1) is 0 Å². The van der Waals surface area contributed by atoms with E-state index in [4.69, 9.17) is 10.5 Å². The Morgan fingerprint density at radius 1 is 1.37 bits per heavy atom. The molecule has 0 spiro atoms. The van der Waals surface area contributed by atoms with E-state index in [2.05, 4.69) is 0 Å². The lowest BCUT2D eigenvalue weighted by Gasteiger charge is -2.25. The average molecular weight is 260 g/mol. The number of amides is 1. The quantitative estimate of drug-likeness (QED) is 0.876. The molecule has 0 saturated heterocycles. The molecule has 4 nitrogen and oxygen atoms in total. The summed E-state index contributed by atoms with van der Waals surface area (Å²) in [6.45, 7) is 0.659. The van der Waals surface area contributed by atoms with Crippen LogP contribution in [0.25, 0.3) is 0 Å². The van der Waals surface area contributed by atoms with Crippen molar-refractivity contribution in [2.24, 2.45) is 5.73 Å². The van der Waals surface area contributed by atoms with Crippen molar-refractivity contribution in [3.63, 3.8) is 0 Å². The van der Waals surface area contributed by atoms with Gasteiger partial charge in [-0.05, 0) is 43.4 Å². The first-order valence-corrected chi connectivity index (χ1v) is 6.85. The fourth-order valence-electron chi connectivity index (χ4n) is 2.32. The normalized spacial score (nSPS) is 19.9. The number of ether oxygens (including phenoxy) is 1. The topological polar surface area (TPSA) is 55.6 Å². The summed E-state index contributed by atoms with van der Waals surface area (Å²) in [5.74, 6) is 0.969. The van der Waals surface area contributed by atoms with E-state index in [9.17, 15) is 4.79 Å². The van der Waals surface area contributed by atoms with Gasteiger partial charge in [0.15, 0.2) is 0 Å². The highest BCUT2D eigenvalue weighted by Gasteiger charge is 2.50. The molecular weight excluding hydrogens is 240 g/mol. The average Bonchev–Trinajstić information content (AvgIpc) is 3.32. The lowest BCUT2D eigenvalue weighted by molar-refractivity contribution is -0.134. The summed E-state index contributed by atoms with van der Waals surface area (Å²) in [5.41, 5.74) is 6.61. The third-order valence-corrected chi connectivity index (χ3v) is 3.98. The van der Waals surface area contributed by atoms with Crippen LogP contribution in [0.2, 0.25) is 0 Å². The van der Waals surface area contributed by atoms with Gasteiger partial charge in [-0.25, -0.2) is 0 Å². The van der Waals surface area contributed by atoms with Gasteiger partial charge in [-0.2, -0.15) is 0 Å². The minimum Gasteiger partial charge on any atom is -0.497 e. The van der Waals surface area contributed by atoms with Crippen molar-refractivity contribution in [1.82, 2.24) is 4.90 Å². The maximum Gasteiger partial charge on any atom is 0.243 e. The molecule has 2 aliphatic carbocycles. The number of hydrogen-bond acceptors (Lipinski definition) is 3. The van der Waals surface area contributed by atoms with E-state index in [1.165, 1.54) is 0 Å². The van der Waals surface area contributed by atoms with Crippen molar-refractivity contribution in [2.75, 3.05) is 7.11 Å². The van der Waals surface area contributed by atoms with Gasteiger partial charge in [-0.3, -0.25) is 4.79 Å². The highest BCUT2D eigenvalue weighted by atomic mass is 16.5. The van der Waals surface area contributed by atoms with E-state index in [1.54, 1.807) is 7.11 Å². The number of nitrogens with two attached hydrogens (primary N) is 1. The van der Waals surface area contributed by atoms with E-state index >= 15 is 0 Å². The van der Waals surface area contributed by atoms with Gasteiger partial charge < -0.3 is 15.4 Å². The summed E-state index contributed by atoms with van der Waals surface area (Å²) in [6.07, 6.45) is 3.88. The highest BCUT2D eigenvalue weighted by molar-refractivity contribution is 5.89. The van der Waals surface area contributed by atoms with Gasteiger partial charge in [0.1, 0.15) is 5.75 Å². The van der Waals surface area contributed by atoms with E-state index in [-0.39, 0.29) is 5.91 Å². The van der Waals surface area contributed by atoms with Crippen molar-refractivity contribution in [3.8, 4) is 5.75 Å². The van der Waals surface area contributed by atoms with Crippen LogP contribution in [0.1, 0.15) is 31.2 Å². The van der Waals surface area contributed by atoms with Crippen LogP contribution in [-0.2, 0) is 11.3 Å². The SMILES string of the molecule is COc1ccc(CN(C(=O)C2(N)CC2)C2CC2)cc1. The number of nitrogens with zero attached hydrogens (tertiary/aromatic N) is 1. The molecule has 2 saturated carbocycles. The molecule has 0 radical (unpaired) electrons. The van der Waals surface area contributed by atoms with E-state index in [1.807, 2.05) is 29.2 Å². The summed E-state index contributed by atoms with van der Waals surface area (Å²) in [7, 11) is 1.65. The highest BCUT2D eigenvalue weighted by Crippen LogP contribution is 2.38. The molecule has 0 aromatic heterocycles. The van der Waals surface area contributed by atoms with Gasteiger partial charge >= 0.3 is 0 Å².